The lowest BCUT2D eigenvalue weighted by atomic mass is 9.86. The van der Waals surface area contributed by atoms with Crippen LogP contribution in [-0.2, 0) is 17.8 Å². The Morgan fingerprint density at radius 3 is 2.76 bits per heavy atom. The van der Waals surface area contributed by atoms with Crippen molar-refractivity contribution in [1.29, 1.82) is 0 Å². The van der Waals surface area contributed by atoms with E-state index in [9.17, 15) is 14.4 Å². The number of nitrogens with one attached hydrogen (secondary N) is 2. The van der Waals surface area contributed by atoms with Gasteiger partial charge in [-0.1, -0.05) is 32.1 Å². The number of fused-ring (bicyclic) bond motifs is 2. The van der Waals surface area contributed by atoms with Crippen molar-refractivity contribution >= 4 is 22.7 Å². The van der Waals surface area contributed by atoms with Crippen LogP contribution in [0, 0.1) is 5.92 Å². The van der Waals surface area contributed by atoms with Crippen LogP contribution >= 0.6 is 0 Å². The molecule has 2 amide bonds. The molecule has 2 aromatic rings. The first-order valence-corrected chi connectivity index (χ1v) is 10.7. The van der Waals surface area contributed by atoms with Crippen LogP contribution in [0.5, 0.6) is 0 Å². The third-order valence-corrected chi connectivity index (χ3v) is 6.14. The monoisotopic (exact) mass is 396 g/mol. The summed E-state index contributed by atoms with van der Waals surface area (Å²) in [5.41, 5.74) is 5.80. The lowest BCUT2D eigenvalue weighted by molar-refractivity contribution is -0.122. The second kappa shape index (κ2) is 8.76. The lowest BCUT2D eigenvalue weighted by Crippen LogP contribution is -2.41. The zero-order valence-electron chi connectivity index (χ0n) is 16.7. The van der Waals surface area contributed by atoms with Gasteiger partial charge in [-0.05, 0) is 43.4 Å². The van der Waals surface area contributed by atoms with E-state index in [4.69, 9.17) is 0 Å². The molecule has 4 rings (SSSR count). The molecule has 2 heterocycles. The SMILES string of the molecule is O=C(CCCC1CCCCC1)NNC(=O)c1ccc2c(=O)n3c(nc2c1)CCC3. The third kappa shape index (κ3) is 4.49. The molecule has 1 aliphatic carbocycles. The van der Waals surface area contributed by atoms with E-state index in [2.05, 4.69) is 15.8 Å². The Balaban J connectivity index is 1.31. The van der Waals surface area contributed by atoms with E-state index in [-0.39, 0.29) is 11.5 Å². The number of benzene rings is 1. The highest BCUT2D eigenvalue weighted by Gasteiger charge is 2.17. The van der Waals surface area contributed by atoms with Gasteiger partial charge in [0.15, 0.2) is 0 Å². The van der Waals surface area contributed by atoms with Crippen molar-refractivity contribution in [2.45, 2.75) is 70.8 Å². The van der Waals surface area contributed by atoms with Crippen molar-refractivity contribution in [2.24, 2.45) is 5.92 Å². The van der Waals surface area contributed by atoms with E-state index >= 15 is 0 Å². The number of hydrazine groups is 1. The topological polar surface area (TPSA) is 93.1 Å². The minimum Gasteiger partial charge on any atom is -0.296 e. The molecule has 1 aromatic heterocycles. The molecular weight excluding hydrogens is 368 g/mol. The summed E-state index contributed by atoms with van der Waals surface area (Å²) >= 11 is 0. The Morgan fingerprint density at radius 2 is 1.93 bits per heavy atom. The molecular formula is C22H28N4O3. The average Bonchev–Trinajstić information content (AvgIpc) is 3.21. The zero-order chi connectivity index (χ0) is 20.2. The summed E-state index contributed by atoms with van der Waals surface area (Å²) in [6, 6.07) is 4.84. The van der Waals surface area contributed by atoms with Crippen molar-refractivity contribution < 1.29 is 9.59 Å². The summed E-state index contributed by atoms with van der Waals surface area (Å²) in [5, 5.41) is 0.513. The smallest absolute Gasteiger partial charge is 0.269 e. The van der Waals surface area contributed by atoms with Crippen molar-refractivity contribution in [3.63, 3.8) is 0 Å². The number of aromatic nitrogens is 2. The third-order valence-electron chi connectivity index (χ3n) is 6.14. The molecule has 1 aliphatic heterocycles. The molecule has 7 nitrogen and oxygen atoms in total. The van der Waals surface area contributed by atoms with Crippen molar-refractivity contribution in [3.8, 4) is 0 Å². The molecule has 1 saturated carbocycles. The van der Waals surface area contributed by atoms with Gasteiger partial charge in [-0.25, -0.2) is 4.98 Å². The molecule has 2 aliphatic rings. The molecule has 0 bridgehead atoms. The second-order valence-electron chi connectivity index (χ2n) is 8.22. The van der Waals surface area contributed by atoms with E-state index < -0.39 is 5.91 Å². The van der Waals surface area contributed by atoms with E-state index in [1.807, 2.05) is 0 Å². The average molecular weight is 396 g/mol. The normalized spacial score (nSPS) is 16.6. The highest BCUT2D eigenvalue weighted by molar-refractivity contribution is 5.98. The number of hydrogen-bond donors (Lipinski definition) is 2. The minimum atomic E-state index is -0.407. The quantitative estimate of drug-likeness (QED) is 0.760. The maximum atomic E-state index is 12.5. The van der Waals surface area contributed by atoms with Gasteiger partial charge < -0.3 is 0 Å². The molecule has 2 N–H and O–H groups in total. The standard InChI is InChI=1S/C22H28N4O3/c27-20(10-4-8-15-6-2-1-3-7-15)24-25-21(28)16-11-12-17-18(14-16)23-19-9-5-13-26(19)22(17)29/h11-12,14-15H,1-10,13H2,(H,24,27)(H,25,28). The van der Waals surface area contributed by atoms with Gasteiger partial charge in [0.25, 0.3) is 11.5 Å². The Hall–Kier alpha value is -2.70. The largest absolute Gasteiger partial charge is 0.296 e. The molecule has 7 heteroatoms. The Morgan fingerprint density at radius 1 is 1.10 bits per heavy atom. The van der Waals surface area contributed by atoms with E-state index in [1.165, 1.54) is 32.1 Å². The summed E-state index contributed by atoms with van der Waals surface area (Å²) in [6.45, 7) is 0.701. The van der Waals surface area contributed by atoms with E-state index in [1.54, 1.807) is 22.8 Å². The number of aryl methyl sites for hydroxylation is 1. The van der Waals surface area contributed by atoms with Gasteiger partial charge in [0.2, 0.25) is 5.91 Å². The van der Waals surface area contributed by atoms with Gasteiger partial charge in [0, 0.05) is 24.9 Å². The molecule has 29 heavy (non-hydrogen) atoms. The molecule has 1 fully saturated rings. The number of nitrogens with zero attached hydrogens (tertiary/aromatic N) is 2. The molecule has 1 aromatic carbocycles. The highest BCUT2D eigenvalue weighted by atomic mass is 16.2. The molecule has 0 radical (unpaired) electrons. The van der Waals surface area contributed by atoms with E-state index in [0.717, 1.165) is 37.4 Å². The van der Waals surface area contributed by atoms with Gasteiger partial charge in [-0.3, -0.25) is 29.8 Å². The number of carbonyl (C=O) groups is 2. The predicted octanol–water partition coefficient (Wildman–Crippen LogP) is 2.85. The molecule has 0 unspecified atom stereocenters. The Kier molecular flexibility index (Phi) is 5.92. The van der Waals surface area contributed by atoms with E-state index in [0.29, 0.717) is 29.4 Å². The first-order chi connectivity index (χ1) is 14.1. The van der Waals surface area contributed by atoms with Gasteiger partial charge in [0.1, 0.15) is 5.82 Å². The molecule has 154 valence electrons. The lowest BCUT2D eigenvalue weighted by Gasteiger charge is -2.21. The summed E-state index contributed by atoms with van der Waals surface area (Å²) in [6.07, 6.45) is 10.5. The van der Waals surface area contributed by atoms with Crippen LogP contribution in [0.15, 0.2) is 23.0 Å². The predicted molar refractivity (Wildman–Crippen MR) is 110 cm³/mol. The fourth-order valence-electron chi connectivity index (χ4n) is 4.51. The van der Waals surface area contributed by atoms with Crippen LogP contribution in [0.4, 0.5) is 0 Å². The Bertz CT molecular complexity index is 976. The van der Waals surface area contributed by atoms with Gasteiger partial charge in [-0.15, -0.1) is 0 Å². The number of carbonyl (C=O) groups excluding carboxylic acids is 2. The number of rotatable bonds is 5. The molecule has 0 atom stereocenters. The fourth-order valence-corrected chi connectivity index (χ4v) is 4.51. The zero-order valence-corrected chi connectivity index (χ0v) is 16.7. The van der Waals surface area contributed by atoms with Crippen LogP contribution < -0.4 is 16.4 Å². The van der Waals surface area contributed by atoms with Crippen LogP contribution in [0.3, 0.4) is 0 Å². The van der Waals surface area contributed by atoms with Gasteiger partial charge in [-0.2, -0.15) is 0 Å². The maximum absolute atomic E-state index is 12.5. The first-order valence-electron chi connectivity index (χ1n) is 10.7. The molecule has 0 saturated heterocycles. The fraction of sp³-hybridized carbons (Fsp3) is 0.545. The maximum Gasteiger partial charge on any atom is 0.269 e. The summed E-state index contributed by atoms with van der Waals surface area (Å²) in [5.74, 6) is 0.937. The van der Waals surface area contributed by atoms with Crippen molar-refractivity contribution in [1.82, 2.24) is 20.4 Å². The van der Waals surface area contributed by atoms with Crippen LogP contribution in [0.1, 0.15) is 74.0 Å². The minimum absolute atomic E-state index is 0.0549. The van der Waals surface area contributed by atoms with Gasteiger partial charge in [0.05, 0.1) is 10.9 Å². The summed E-state index contributed by atoms with van der Waals surface area (Å²) < 4.78 is 1.70. The van der Waals surface area contributed by atoms with Crippen molar-refractivity contribution in [2.75, 3.05) is 0 Å². The van der Waals surface area contributed by atoms with Crippen LogP contribution in [-0.4, -0.2) is 21.4 Å². The van der Waals surface area contributed by atoms with Crippen LogP contribution in [0.25, 0.3) is 10.9 Å². The number of hydrogen-bond acceptors (Lipinski definition) is 4. The van der Waals surface area contributed by atoms with Crippen molar-refractivity contribution in [3.05, 3.63) is 39.9 Å². The van der Waals surface area contributed by atoms with Crippen LogP contribution in [0.2, 0.25) is 0 Å². The highest BCUT2D eigenvalue weighted by Crippen LogP contribution is 2.27. The first kappa shape index (κ1) is 19.6. The Labute approximate surface area is 169 Å². The van der Waals surface area contributed by atoms with Gasteiger partial charge >= 0.3 is 0 Å². The number of amides is 2. The summed E-state index contributed by atoms with van der Waals surface area (Å²) in [7, 11) is 0. The molecule has 0 spiro atoms. The summed E-state index contributed by atoms with van der Waals surface area (Å²) in [4.78, 5) is 41.5. The second-order valence-corrected chi connectivity index (χ2v) is 8.22.